The molecule has 0 saturated carbocycles. The molecule has 2 aromatic rings. The van der Waals surface area contributed by atoms with Crippen LogP contribution in [0.3, 0.4) is 0 Å². The fourth-order valence-corrected chi connectivity index (χ4v) is 6.24. The van der Waals surface area contributed by atoms with Crippen LogP contribution < -0.4 is 10.6 Å². The number of phenolic OH excluding ortho intramolecular Hbond substituents is 1. The van der Waals surface area contributed by atoms with Crippen LogP contribution in [-0.4, -0.2) is 87.8 Å². The van der Waals surface area contributed by atoms with Gasteiger partial charge in [-0.05, 0) is 50.8 Å². The Hall–Kier alpha value is -4.00. The Balaban J connectivity index is 2.07. The Morgan fingerprint density at radius 3 is 2.22 bits per heavy atom. The second-order valence-electron chi connectivity index (χ2n) is 12.0. The monoisotopic (exact) mass is 643 g/mol. The van der Waals surface area contributed by atoms with Crippen molar-refractivity contribution in [1.29, 1.82) is 0 Å². The van der Waals surface area contributed by atoms with E-state index in [2.05, 4.69) is 15.6 Å². The van der Waals surface area contributed by atoms with Crippen molar-refractivity contribution >= 4 is 40.9 Å². The molecule has 0 spiro atoms. The summed E-state index contributed by atoms with van der Waals surface area (Å²) in [7, 11) is 2.98. The standard InChI is InChI=1S/C32H45N5O7S/c1-9-10-23-18(4)32(43)44-20(6)30(41)36(7)25(15-21-11-13-22(38)14-12-21)31(42)37(8)26(17(2)3)28(40)33-19(5)29-35-24(16-45-29)27(39)34-23/h11-14,16-20,23,25-26,38H,9-10,15H2,1-8H3,(H,33,40)(H,34,39)/t18-,19+,20+,23-,25?,26+/m1/s1. The first kappa shape index (κ1) is 35.5. The van der Waals surface area contributed by atoms with E-state index in [1.54, 1.807) is 31.4 Å². The molecule has 0 fully saturated rings. The molecule has 2 bridgehead atoms. The Bertz CT molecular complexity index is 1380. The lowest BCUT2D eigenvalue weighted by atomic mass is 9.97. The number of benzene rings is 1. The number of likely N-dealkylation sites (N-methyl/N-ethyl adjacent to an activating group) is 2. The lowest BCUT2D eigenvalue weighted by Crippen LogP contribution is -2.58. The number of thiazole rings is 1. The van der Waals surface area contributed by atoms with Crippen LogP contribution in [0.25, 0.3) is 0 Å². The van der Waals surface area contributed by atoms with Crippen molar-refractivity contribution in [3.8, 4) is 5.75 Å². The van der Waals surface area contributed by atoms with Gasteiger partial charge < -0.3 is 30.3 Å². The number of fused-ring (bicyclic) bond motifs is 2. The zero-order valence-electron chi connectivity index (χ0n) is 27.2. The highest BCUT2D eigenvalue weighted by molar-refractivity contribution is 7.09. The van der Waals surface area contributed by atoms with Gasteiger partial charge in [-0.1, -0.05) is 39.3 Å². The van der Waals surface area contributed by atoms with Crippen LogP contribution in [0.5, 0.6) is 5.75 Å². The largest absolute Gasteiger partial charge is 0.508 e. The number of amides is 4. The van der Waals surface area contributed by atoms with Crippen molar-refractivity contribution in [3.63, 3.8) is 0 Å². The van der Waals surface area contributed by atoms with Crippen molar-refractivity contribution in [1.82, 2.24) is 25.4 Å². The third kappa shape index (κ3) is 8.59. The number of hydrogen-bond acceptors (Lipinski definition) is 9. The third-order valence-electron chi connectivity index (χ3n) is 8.15. The summed E-state index contributed by atoms with van der Waals surface area (Å²) in [6.45, 7) is 10.4. The van der Waals surface area contributed by atoms with Gasteiger partial charge in [-0.3, -0.25) is 24.0 Å². The number of aromatic nitrogens is 1. The Labute approximate surface area is 268 Å². The van der Waals surface area contributed by atoms with Crippen LogP contribution in [0.15, 0.2) is 29.6 Å². The topological polar surface area (TPSA) is 158 Å². The number of rotatable bonds is 5. The van der Waals surface area contributed by atoms with E-state index in [-0.39, 0.29) is 23.8 Å². The summed E-state index contributed by atoms with van der Waals surface area (Å²) in [6.07, 6.45) is 0.00544. The number of hydrogen-bond donors (Lipinski definition) is 3. The second-order valence-corrected chi connectivity index (χ2v) is 12.9. The normalized spacial score (nSPS) is 26.1. The summed E-state index contributed by atoms with van der Waals surface area (Å²) in [5, 5.41) is 17.7. The highest BCUT2D eigenvalue weighted by atomic mass is 32.1. The summed E-state index contributed by atoms with van der Waals surface area (Å²) in [6, 6.07) is 3.18. The molecule has 246 valence electrons. The van der Waals surface area contributed by atoms with Gasteiger partial charge in [-0.2, -0.15) is 0 Å². The molecule has 4 amide bonds. The minimum Gasteiger partial charge on any atom is -0.508 e. The molecule has 45 heavy (non-hydrogen) atoms. The molecular weight excluding hydrogens is 598 g/mol. The number of cyclic esters (lactones) is 1. The summed E-state index contributed by atoms with van der Waals surface area (Å²) in [5.74, 6) is -3.66. The molecule has 1 aliphatic rings. The molecular formula is C32H45N5O7S. The van der Waals surface area contributed by atoms with Crippen LogP contribution in [0.4, 0.5) is 0 Å². The van der Waals surface area contributed by atoms with Crippen LogP contribution in [-0.2, 0) is 30.3 Å². The average molecular weight is 644 g/mol. The van der Waals surface area contributed by atoms with Gasteiger partial charge in [0.1, 0.15) is 28.5 Å². The van der Waals surface area contributed by atoms with E-state index in [1.165, 1.54) is 54.3 Å². The number of carbonyl (C=O) groups excluding carboxylic acids is 5. The second kappa shape index (κ2) is 15.3. The van der Waals surface area contributed by atoms with Crippen molar-refractivity contribution in [2.24, 2.45) is 11.8 Å². The summed E-state index contributed by atoms with van der Waals surface area (Å²) in [5.41, 5.74) is 0.832. The van der Waals surface area contributed by atoms with Gasteiger partial charge in [-0.15, -0.1) is 11.3 Å². The van der Waals surface area contributed by atoms with Gasteiger partial charge >= 0.3 is 5.97 Å². The first-order chi connectivity index (χ1) is 21.2. The Morgan fingerprint density at radius 1 is 0.978 bits per heavy atom. The number of ether oxygens (including phenoxy) is 1. The number of esters is 1. The number of carbonyl (C=O) groups is 5. The van der Waals surface area contributed by atoms with Crippen LogP contribution >= 0.6 is 11.3 Å². The van der Waals surface area contributed by atoms with E-state index in [0.29, 0.717) is 23.4 Å². The minimum atomic E-state index is -1.24. The predicted molar refractivity (Wildman–Crippen MR) is 169 cm³/mol. The molecule has 2 heterocycles. The molecule has 0 aliphatic carbocycles. The summed E-state index contributed by atoms with van der Waals surface area (Å²) in [4.78, 5) is 74.9. The highest BCUT2D eigenvalue weighted by Crippen LogP contribution is 2.23. The number of aromatic hydroxyl groups is 1. The third-order valence-corrected chi connectivity index (χ3v) is 9.17. The molecule has 1 aliphatic heterocycles. The van der Waals surface area contributed by atoms with Gasteiger partial charge in [-0.25, -0.2) is 4.98 Å². The van der Waals surface area contributed by atoms with Crippen molar-refractivity contribution in [2.75, 3.05) is 14.1 Å². The van der Waals surface area contributed by atoms with E-state index in [0.717, 1.165) is 0 Å². The first-order valence-electron chi connectivity index (χ1n) is 15.2. The molecule has 12 nitrogen and oxygen atoms in total. The Kier molecular flexibility index (Phi) is 12.1. The number of nitrogens with zero attached hydrogens (tertiary/aromatic N) is 3. The van der Waals surface area contributed by atoms with Crippen LogP contribution in [0, 0.1) is 11.8 Å². The van der Waals surface area contributed by atoms with E-state index in [4.69, 9.17) is 4.74 Å². The minimum absolute atomic E-state index is 0.0531. The summed E-state index contributed by atoms with van der Waals surface area (Å²) < 4.78 is 5.60. The molecule has 0 saturated heterocycles. The van der Waals surface area contributed by atoms with Gasteiger partial charge in [0.2, 0.25) is 11.8 Å². The fraction of sp³-hybridized carbons (Fsp3) is 0.562. The quantitative estimate of drug-likeness (QED) is 0.420. The zero-order chi connectivity index (χ0) is 33.6. The smallest absolute Gasteiger partial charge is 0.311 e. The number of nitrogens with one attached hydrogen (secondary N) is 2. The van der Waals surface area contributed by atoms with Gasteiger partial charge in [0.25, 0.3) is 11.8 Å². The van der Waals surface area contributed by atoms with Crippen molar-refractivity contribution in [2.45, 2.75) is 91.1 Å². The molecule has 3 N–H and O–H groups in total. The van der Waals surface area contributed by atoms with Gasteiger partial charge in [0.15, 0.2) is 6.10 Å². The predicted octanol–water partition coefficient (Wildman–Crippen LogP) is 3.06. The maximum atomic E-state index is 14.2. The molecule has 0 radical (unpaired) electrons. The van der Waals surface area contributed by atoms with Crippen molar-refractivity contribution < 1.29 is 33.8 Å². The summed E-state index contributed by atoms with van der Waals surface area (Å²) >= 11 is 1.22. The van der Waals surface area contributed by atoms with E-state index in [1.807, 2.05) is 20.8 Å². The van der Waals surface area contributed by atoms with Crippen molar-refractivity contribution in [3.05, 3.63) is 45.9 Å². The maximum absolute atomic E-state index is 14.2. The molecule has 13 heteroatoms. The molecule has 1 unspecified atom stereocenters. The molecule has 3 rings (SSSR count). The van der Waals surface area contributed by atoms with E-state index >= 15 is 0 Å². The Morgan fingerprint density at radius 2 is 1.62 bits per heavy atom. The fourth-order valence-electron chi connectivity index (χ4n) is 5.43. The maximum Gasteiger partial charge on any atom is 0.311 e. The SMILES string of the molecule is CCC[C@H]1NC(=O)c2csc(n2)[C@H](C)NC(=O)[C@H](C(C)C)N(C)C(=O)C(Cc2ccc(O)cc2)N(C)C(=O)[C@H](C)OC(=O)[C@@H]1C. The van der Waals surface area contributed by atoms with Gasteiger partial charge in [0.05, 0.1) is 12.0 Å². The molecule has 1 aromatic heterocycles. The van der Waals surface area contributed by atoms with E-state index < -0.39 is 65.8 Å². The van der Waals surface area contributed by atoms with E-state index in [9.17, 15) is 29.1 Å². The first-order valence-corrected chi connectivity index (χ1v) is 16.1. The van der Waals surface area contributed by atoms with Gasteiger partial charge in [0, 0.05) is 31.9 Å². The van der Waals surface area contributed by atoms with Crippen LogP contribution in [0.1, 0.15) is 81.5 Å². The highest BCUT2D eigenvalue weighted by Gasteiger charge is 2.39. The lowest BCUT2D eigenvalue weighted by molar-refractivity contribution is -0.164. The average Bonchev–Trinajstić information content (AvgIpc) is 3.49. The lowest BCUT2D eigenvalue weighted by Gasteiger charge is -2.37. The molecule has 1 aromatic carbocycles. The van der Waals surface area contributed by atoms with Crippen LogP contribution in [0.2, 0.25) is 0 Å². The molecule has 6 atom stereocenters. The zero-order valence-corrected chi connectivity index (χ0v) is 28.0. The number of phenols is 1.